The van der Waals surface area contributed by atoms with Gasteiger partial charge in [-0.25, -0.2) is 14.8 Å². The molecule has 0 aliphatic carbocycles. The Morgan fingerprint density at radius 3 is 2.83 bits per heavy atom. The molecule has 142 valence electrons. The Morgan fingerprint density at radius 1 is 1.14 bits per heavy atom. The number of hydrogen-bond donors (Lipinski definition) is 3. The van der Waals surface area contributed by atoms with Crippen LogP contribution in [0.1, 0.15) is 15.9 Å². The maximum absolute atomic E-state index is 12.2. The Balaban J connectivity index is 1.62. The summed E-state index contributed by atoms with van der Waals surface area (Å²) in [4.78, 5) is 38.9. The Bertz CT molecular complexity index is 1230. The Labute approximate surface area is 165 Å². The van der Waals surface area contributed by atoms with Crippen LogP contribution in [0.4, 0.5) is 5.69 Å². The first kappa shape index (κ1) is 18.1. The van der Waals surface area contributed by atoms with E-state index in [1.807, 2.05) is 6.07 Å². The molecule has 0 spiro atoms. The molecular weight excluding hydrogens is 370 g/mol. The van der Waals surface area contributed by atoms with E-state index in [4.69, 9.17) is 0 Å². The van der Waals surface area contributed by atoms with Crippen LogP contribution in [0.5, 0.6) is 0 Å². The second kappa shape index (κ2) is 7.73. The number of benzene rings is 1. The second-order valence-corrected chi connectivity index (χ2v) is 6.14. The van der Waals surface area contributed by atoms with E-state index >= 15 is 0 Å². The fourth-order valence-electron chi connectivity index (χ4n) is 2.93. The van der Waals surface area contributed by atoms with Crippen LogP contribution >= 0.6 is 0 Å². The lowest BCUT2D eigenvalue weighted by molar-refractivity contribution is -0.111. The molecule has 8 nitrogen and oxygen atoms in total. The SMILES string of the molecule is O=C(/C=C/c1cccnc1)Nc1cccc(-c2ncnc3[nH]cc(C(=O)O)c23)c1. The van der Waals surface area contributed by atoms with Gasteiger partial charge in [0.25, 0.3) is 0 Å². The summed E-state index contributed by atoms with van der Waals surface area (Å²) < 4.78 is 0. The lowest BCUT2D eigenvalue weighted by atomic mass is 10.1. The number of aromatic amines is 1. The van der Waals surface area contributed by atoms with Crippen LogP contribution in [-0.2, 0) is 4.79 Å². The summed E-state index contributed by atoms with van der Waals surface area (Å²) in [6.07, 6.45) is 9.15. The van der Waals surface area contributed by atoms with Crippen molar-refractivity contribution < 1.29 is 14.7 Å². The zero-order valence-electron chi connectivity index (χ0n) is 15.0. The van der Waals surface area contributed by atoms with E-state index in [1.165, 1.54) is 18.6 Å². The van der Waals surface area contributed by atoms with Gasteiger partial charge in [-0.2, -0.15) is 0 Å². The van der Waals surface area contributed by atoms with E-state index in [-0.39, 0.29) is 11.5 Å². The third-order valence-electron chi connectivity index (χ3n) is 4.22. The van der Waals surface area contributed by atoms with E-state index in [2.05, 4.69) is 25.3 Å². The van der Waals surface area contributed by atoms with Gasteiger partial charge in [0.15, 0.2) is 0 Å². The summed E-state index contributed by atoms with van der Waals surface area (Å²) in [5.74, 6) is -1.37. The molecule has 29 heavy (non-hydrogen) atoms. The van der Waals surface area contributed by atoms with Gasteiger partial charge in [-0.3, -0.25) is 9.78 Å². The fourth-order valence-corrected chi connectivity index (χ4v) is 2.93. The minimum absolute atomic E-state index is 0.0874. The number of H-pyrrole nitrogens is 1. The largest absolute Gasteiger partial charge is 0.478 e. The number of pyridine rings is 1. The molecule has 3 aromatic heterocycles. The molecule has 3 heterocycles. The zero-order valence-corrected chi connectivity index (χ0v) is 15.0. The summed E-state index contributed by atoms with van der Waals surface area (Å²) >= 11 is 0. The molecule has 0 aliphatic rings. The minimum Gasteiger partial charge on any atom is -0.478 e. The second-order valence-electron chi connectivity index (χ2n) is 6.14. The predicted octanol–water partition coefficient (Wildman–Crippen LogP) is 3.37. The van der Waals surface area contributed by atoms with E-state index in [9.17, 15) is 14.7 Å². The Kier molecular flexibility index (Phi) is 4.81. The van der Waals surface area contributed by atoms with Crippen molar-refractivity contribution in [3.05, 3.63) is 78.5 Å². The molecule has 0 fully saturated rings. The maximum Gasteiger partial charge on any atom is 0.338 e. The molecule has 0 atom stereocenters. The number of aromatic carboxylic acids is 1. The van der Waals surface area contributed by atoms with Crippen LogP contribution in [-0.4, -0.2) is 36.9 Å². The van der Waals surface area contributed by atoms with E-state index in [0.29, 0.717) is 28.0 Å². The number of carbonyl (C=O) groups excluding carboxylic acids is 1. The van der Waals surface area contributed by atoms with Crippen LogP contribution < -0.4 is 5.32 Å². The van der Waals surface area contributed by atoms with Crippen LogP contribution in [0, 0.1) is 0 Å². The number of nitrogens with one attached hydrogen (secondary N) is 2. The smallest absolute Gasteiger partial charge is 0.338 e. The van der Waals surface area contributed by atoms with Gasteiger partial charge in [0, 0.05) is 35.9 Å². The van der Waals surface area contributed by atoms with Crippen LogP contribution in [0.15, 0.2) is 67.4 Å². The Hall–Kier alpha value is -4.33. The summed E-state index contributed by atoms with van der Waals surface area (Å²) in [6.45, 7) is 0. The molecule has 4 rings (SSSR count). The van der Waals surface area contributed by atoms with Gasteiger partial charge < -0.3 is 15.4 Å². The van der Waals surface area contributed by atoms with Gasteiger partial charge in [-0.05, 0) is 29.8 Å². The lowest BCUT2D eigenvalue weighted by Gasteiger charge is -2.07. The molecule has 4 aromatic rings. The first-order valence-corrected chi connectivity index (χ1v) is 8.67. The number of carboxylic acid groups (broad SMARTS) is 1. The lowest BCUT2D eigenvalue weighted by Crippen LogP contribution is -2.07. The van der Waals surface area contributed by atoms with E-state index in [1.54, 1.807) is 48.8 Å². The average Bonchev–Trinajstić information content (AvgIpc) is 3.18. The number of carbonyl (C=O) groups is 2. The summed E-state index contributed by atoms with van der Waals surface area (Å²) in [7, 11) is 0. The van der Waals surface area contributed by atoms with Crippen LogP contribution in [0.25, 0.3) is 28.4 Å². The quantitative estimate of drug-likeness (QED) is 0.453. The van der Waals surface area contributed by atoms with Crippen molar-refractivity contribution in [3.8, 4) is 11.3 Å². The molecule has 0 unspecified atom stereocenters. The molecule has 1 amide bonds. The summed E-state index contributed by atoms with van der Waals surface area (Å²) in [5, 5.41) is 12.6. The fraction of sp³-hybridized carbons (Fsp3) is 0. The van der Waals surface area contributed by atoms with Crippen molar-refractivity contribution in [2.24, 2.45) is 0 Å². The number of amides is 1. The third kappa shape index (κ3) is 3.86. The van der Waals surface area contributed by atoms with Crippen molar-refractivity contribution in [3.63, 3.8) is 0 Å². The number of rotatable bonds is 5. The molecule has 0 bridgehead atoms. The number of hydrogen-bond acceptors (Lipinski definition) is 5. The normalized spacial score (nSPS) is 11.0. The minimum atomic E-state index is -1.07. The van der Waals surface area contributed by atoms with E-state index in [0.717, 1.165) is 5.56 Å². The van der Waals surface area contributed by atoms with Gasteiger partial charge in [-0.15, -0.1) is 0 Å². The van der Waals surface area contributed by atoms with Gasteiger partial charge >= 0.3 is 5.97 Å². The number of carboxylic acids is 1. The molecule has 3 N–H and O–H groups in total. The number of aromatic nitrogens is 4. The Morgan fingerprint density at radius 2 is 2.03 bits per heavy atom. The van der Waals surface area contributed by atoms with Crippen LogP contribution in [0.3, 0.4) is 0 Å². The van der Waals surface area contributed by atoms with Crippen molar-refractivity contribution >= 4 is 34.7 Å². The van der Waals surface area contributed by atoms with Gasteiger partial charge in [0.05, 0.1) is 16.6 Å². The number of nitrogens with zero attached hydrogens (tertiary/aromatic N) is 3. The molecule has 0 radical (unpaired) electrons. The highest BCUT2D eigenvalue weighted by atomic mass is 16.4. The van der Waals surface area contributed by atoms with Crippen molar-refractivity contribution in [2.45, 2.75) is 0 Å². The van der Waals surface area contributed by atoms with Gasteiger partial charge in [0.1, 0.15) is 12.0 Å². The first-order chi connectivity index (χ1) is 14.1. The highest BCUT2D eigenvalue weighted by molar-refractivity contribution is 6.08. The van der Waals surface area contributed by atoms with Crippen molar-refractivity contribution in [2.75, 3.05) is 5.32 Å². The summed E-state index contributed by atoms with van der Waals surface area (Å²) in [5.41, 5.74) is 3.02. The highest BCUT2D eigenvalue weighted by Crippen LogP contribution is 2.29. The maximum atomic E-state index is 12.2. The highest BCUT2D eigenvalue weighted by Gasteiger charge is 2.17. The zero-order chi connectivity index (χ0) is 20.2. The van der Waals surface area contributed by atoms with E-state index < -0.39 is 5.97 Å². The van der Waals surface area contributed by atoms with Gasteiger partial charge in [0.2, 0.25) is 5.91 Å². The topological polar surface area (TPSA) is 121 Å². The standard InChI is InChI=1S/C21H15N5O3/c27-17(7-6-13-3-2-8-22-10-13)26-15-5-1-4-14(9-15)19-18-16(21(28)29)11-23-20(18)25-12-24-19/h1-12H,(H,26,27)(H,28,29)(H,23,24,25)/b7-6+. The average molecular weight is 385 g/mol. The molecular formula is C21H15N5O3. The predicted molar refractivity (Wildman–Crippen MR) is 108 cm³/mol. The molecule has 0 saturated carbocycles. The summed E-state index contributed by atoms with van der Waals surface area (Å²) in [6, 6.07) is 10.7. The van der Waals surface area contributed by atoms with Gasteiger partial charge in [-0.1, -0.05) is 18.2 Å². The van der Waals surface area contributed by atoms with Crippen molar-refractivity contribution in [1.82, 2.24) is 19.9 Å². The first-order valence-electron chi connectivity index (χ1n) is 8.67. The molecule has 8 heteroatoms. The van der Waals surface area contributed by atoms with Crippen LogP contribution in [0.2, 0.25) is 0 Å². The number of anilines is 1. The molecule has 0 saturated heterocycles. The molecule has 0 aliphatic heterocycles. The monoisotopic (exact) mass is 385 g/mol. The number of fused-ring (bicyclic) bond motifs is 1. The third-order valence-corrected chi connectivity index (χ3v) is 4.22. The van der Waals surface area contributed by atoms with Crippen molar-refractivity contribution in [1.29, 1.82) is 0 Å². The molecule has 1 aromatic carbocycles.